The van der Waals surface area contributed by atoms with E-state index >= 15 is 0 Å². The average Bonchev–Trinajstić information content (AvgIpc) is 3.04. The third kappa shape index (κ3) is 4.06. The van der Waals surface area contributed by atoms with Crippen LogP contribution in [0.25, 0.3) is 0 Å². The number of carbonyl (C=O) groups excluding carboxylic acids is 2. The van der Waals surface area contributed by atoms with Gasteiger partial charge in [-0.3, -0.25) is 9.59 Å². The molecule has 2 aliphatic heterocycles. The number of benzene rings is 1. The molecule has 1 aromatic carbocycles. The molecule has 2 fully saturated rings. The molecule has 0 bridgehead atoms. The summed E-state index contributed by atoms with van der Waals surface area (Å²) in [7, 11) is -3.60. The van der Waals surface area contributed by atoms with Gasteiger partial charge in [-0.05, 0) is 37.1 Å². The van der Waals surface area contributed by atoms with Gasteiger partial charge >= 0.3 is 0 Å². The maximum atomic E-state index is 13.0. The number of piperidine rings is 1. The van der Waals surface area contributed by atoms with Gasteiger partial charge in [-0.1, -0.05) is 13.8 Å². The van der Waals surface area contributed by atoms with Gasteiger partial charge in [0.15, 0.2) is 0 Å². The number of hydrogen-bond acceptors (Lipinski definition) is 5. The van der Waals surface area contributed by atoms with Crippen molar-refractivity contribution < 1.29 is 18.0 Å². The van der Waals surface area contributed by atoms with E-state index in [0.29, 0.717) is 31.6 Å². The van der Waals surface area contributed by atoms with Crippen LogP contribution in [-0.4, -0.2) is 59.7 Å². The molecule has 154 valence electrons. The van der Waals surface area contributed by atoms with Crippen LogP contribution in [0.3, 0.4) is 0 Å². The first-order chi connectivity index (χ1) is 13.2. The van der Waals surface area contributed by atoms with Crippen molar-refractivity contribution in [2.24, 2.45) is 5.92 Å². The number of amides is 2. The van der Waals surface area contributed by atoms with E-state index in [0.717, 1.165) is 12.3 Å². The molecule has 2 aliphatic rings. The lowest BCUT2D eigenvalue weighted by atomic mass is 10.0. The summed E-state index contributed by atoms with van der Waals surface area (Å²) in [4.78, 5) is 25.6. The molecule has 0 aromatic heterocycles. The standard InChI is InChI=1S/C19H27N3O4S2/c1-14(2)18(24)22-12-13-27-19(22)8-10-21(11-9-19)28(25,26)17-6-4-16(5-7-17)20-15(3)23/h4-7,14H,8-13H2,1-3H3,(H,20,23). The fourth-order valence-electron chi connectivity index (χ4n) is 3.78. The Bertz CT molecular complexity index is 844. The van der Waals surface area contributed by atoms with E-state index in [9.17, 15) is 18.0 Å². The van der Waals surface area contributed by atoms with Gasteiger partial charge in [-0.25, -0.2) is 8.42 Å². The number of rotatable bonds is 4. The maximum Gasteiger partial charge on any atom is 0.243 e. The van der Waals surface area contributed by atoms with Crippen molar-refractivity contribution in [3.05, 3.63) is 24.3 Å². The number of carbonyl (C=O) groups is 2. The molecule has 0 radical (unpaired) electrons. The summed E-state index contributed by atoms with van der Waals surface area (Å²) < 4.78 is 27.5. The van der Waals surface area contributed by atoms with Crippen molar-refractivity contribution in [2.45, 2.75) is 43.4 Å². The van der Waals surface area contributed by atoms with Gasteiger partial charge in [-0.2, -0.15) is 4.31 Å². The zero-order valence-corrected chi connectivity index (χ0v) is 18.1. The fraction of sp³-hybridized carbons (Fsp3) is 0.579. The quantitative estimate of drug-likeness (QED) is 0.800. The zero-order chi connectivity index (χ0) is 20.5. The van der Waals surface area contributed by atoms with Crippen LogP contribution in [0.4, 0.5) is 5.69 Å². The van der Waals surface area contributed by atoms with Crippen LogP contribution in [0, 0.1) is 5.92 Å². The Hall–Kier alpha value is -1.58. The molecular formula is C19H27N3O4S2. The molecule has 0 atom stereocenters. The van der Waals surface area contributed by atoms with Gasteiger partial charge in [0.25, 0.3) is 0 Å². The SMILES string of the molecule is CC(=O)Nc1ccc(S(=O)(=O)N2CCC3(CC2)SCCN3C(=O)C(C)C)cc1. The largest absolute Gasteiger partial charge is 0.327 e. The Kier molecular flexibility index (Phi) is 6.07. The van der Waals surface area contributed by atoms with Crippen molar-refractivity contribution >= 4 is 39.3 Å². The van der Waals surface area contributed by atoms with Crippen molar-refractivity contribution in [1.82, 2.24) is 9.21 Å². The summed E-state index contributed by atoms with van der Waals surface area (Å²) in [5.41, 5.74) is 0.564. The first-order valence-corrected chi connectivity index (χ1v) is 11.9. The highest BCUT2D eigenvalue weighted by Gasteiger charge is 2.48. The lowest BCUT2D eigenvalue weighted by Crippen LogP contribution is -2.54. The Morgan fingerprint density at radius 3 is 2.25 bits per heavy atom. The number of anilines is 1. The monoisotopic (exact) mass is 425 g/mol. The molecule has 2 heterocycles. The Morgan fingerprint density at radius 2 is 1.71 bits per heavy atom. The average molecular weight is 426 g/mol. The van der Waals surface area contributed by atoms with Gasteiger partial charge in [0, 0.05) is 43.9 Å². The summed E-state index contributed by atoms with van der Waals surface area (Å²) in [5.74, 6) is 0.788. The zero-order valence-electron chi connectivity index (χ0n) is 16.5. The highest BCUT2D eigenvalue weighted by Crippen LogP contribution is 2.45. The molecule has 28 heavy (non-hydrogen) atoms. The van der Waals surface area contributed by atoms with Crippen LogP contribution in [0.15, 0.2) is 29.2 Å². The molecule has 1 aromatic rings. The Balaban J connectivity index is 1.71. The van der Waals surface area contributed by atoms with E-state index in [1.165, 1.54) is 23.4 Å². The summed E-state index contributed by atoms with van der Waals surface area (Å²) in [6, 6.07) is 6.22. The fourth-order valence-corrected chi connectivity index (χ4v) is 6.69. The van der Waals surface area contributed by atoms with Crippen LogP contribution in [0.1, 0.15) is 33.6 Å². The topological polar surface area (TPSA) is 86.8 Å². The van der Waals surface area contributed by atoms with Crippen LogP contribution in [0.5, 0.6) is 0 Å². The van der Waals surface area contributed by atoms with Gasteiger partial charge < -0.3 is 10.2 Å². The summed E-state index contributed by atoms with van der Waals surface area (Å²) >= 11 is 1.78. The number of sulfonamides is 1. The van der Waals surface area contributed by atoms with E-state index < -0.39 is 10.0 Å². The molecule has 0 saturated carbocycles. The second-order valence-corrected chi connectivity index (χ2v) is 10.9. The summed E-state index contributed by atoms with van der Waals surface area (Å²) in [5, 5.41) is 2.63. The lowest BCUT2D eigenvalue weighted by Gasteiger charge is -2.44. The molecule has 9 heteroatoms. The highest BCUT2D eigenvalue weighted by atomic mass is 32.2. The van der Waals surface area contributed by atoms with Crippen LogP contribution >= 0.6 is 11.8 Å². The van der Waals surface area contributed by atoms with Crippen LogP contribution in [0.2, 0.25) is 0 Å². The van der Waals surface area contributed by atoms with E-state index in [1.54, 1.807) is 23.9 Å². The van der Waals surface area contributed by atoms with E-state index in [1.807, 2.05) is 18.7 Å². The van der Waals surface area contributed by atoms with Crippen LogP contribution in [-0.2, 0) is 19.6 Å². The summed E-state index contributed by atoms with van der Waals surface area (Å²) in [6.07, 6.45) is 1.28. The second kappa shape index (κ2) is 8.04. The smallest absolute Gasteiger partial charge is 0.243 e. The first-order valence-electron chi connectivity index (χ1n) is 9.49. The van der Waals surface area contributed by atoms with Gasteiger partial charge in [0.2, 0.25) is 21.8 Å². The van der Waals surface area contributed by atoms with E-state index in [2.05, 4.69) is 5.32 Å². The molecule has 0 aliphatic carbocycles. The second-order valence-electron chi connectivity index (χ2n) is 7.55. The minimum atomic E-state index is -3.60. The van der Waals surface area contributed by atoms with Crippen molar-refractivity contribution in [1.29, 1.82) is 0 Å². The minimum absolute atomic E-state index is 0.0561. The summed E-state index contributed by atoms with van der Waals surface area (Å²) in [6.45, 7) is 6.74. The van der Waals surface area contributed by atoms with Crippen molar-refractivity contribution in [3.63, 3.8) is 0 Å². The molecule has 7 nitrogen and oxygen atoms in total. The maximum absolute atomic E-state index is 13.0. The number of nitrogens with one attached hydrogen (secondary N) is 1. The minimum Gasteiger partial charge on any atom is -0.327 e. The third-order valence-electron chi connectivity index (χ3n) is 5.25. The van der Waals surface area contributed by atoms with Gasteiger partial charge in [0.1, 0.15) is 0 Å². The van der Waals surface area contributed by atoms with E-state index in [4.69, 9.17) is 0 Å². The number of hydrogen-bond donors (Lipinski definition) is 1. The molecule has 0 unspecified atom stereocenters. The van der Waals surface area contributed by atoms with E-state index in [-0.39, 0.29) is 27.5 Å². The Labute approximate surface area is 170 Å². The number of nitrogens with zero attached hydrogens (tertiary/aromatic N) is 2. The van der Waals surface area contributed by atoms with Crippen molar-refractivity contribution in [2.75, 3.05) is 30.7 Å². The molecule has 3 rings (SSSR count). The molecular weight excluding hydrogens is 398 g/mol. The molecule has 2 saturated heterocycles. The Morgan fingerprint density at radius 1 is 1.11 bits per heavy atom. The highest BCUT2D eigenvalue weighted by molar-refractivity contribution is 8.00. The predicted molar refractivity (Wildman–Crippen MR) is 110 cm³/mol. The van der Waals surface area contributed by atoms with Crippen molar-refractivity contribution in [3.8, 4) is 0 Å². The molecule has 2 amide bonds. The molecule has 1 spiro atoms. The normalized spacial score (nSPS) is 19.9. The molecule has 1 N–H and O–H groups in total. The third-order valence-corrected chi connectivity index (χ3v) is 8.72. The van der Waals surface area contributed by atoms with Crippen LogP contribution < -0.4 is 5.32 Å². The number of thioether (sulfide) groups is 1. The first kappa shape index (κ1) is 21.1. The van der Waals surface area contributed by atoms with Gasteiger partial charge in [-0.15, -0.1) is 11.8 Å². The lowest BCUT2D eigenvalue weighted by molar-refractivity contribution is -0.137. The van der Waals surface area contributed by atoms with Gasteiger partial charge in [0.05, 0.1) is 9.77 Å². The predicted octanol–water partition coefficient (Wildman–Crippen LogP) is 2.36.